The molecule has 0 amide bonds. The number of rotatable bonds is 5. The van der Waals surface area contributed by atoms with Crippen molar-refractivity contribution in [3.05, 3.63) is 29.8 Å². The maximum atomic E-state index is 13.2. The van der Waals surface area contributed by atoms with Crippen molar-refractivity contribution in [2.45, 2.75) is 25.0 Å². The lowest BCUT2D eigenvalue weighted by molar-refractivity contribution is -0.0817. The Labute approximate surface area is 175 Å². The molecule has 0 bridgehead atoms. The highest BCUT2D eigenvalue weighted by atomic mass is 127. The molecule has 2 aliphatic heterocycles. The van der Waals surface area contributed by atoms with E-state index in [0.29, 0.717) is 25.5 Å². The van der Waals surface area contributed by atoms with Gasteiger partial charge in [-0.3, -0.25) is 4.99 Å². The van der Waals surface area contributed by atoms with Crippen molar-refractivity contribution in [1.82, 2.24) is 10.2 Å². The van der Waals surface area contributed by atoms with E-state index in [2.05, 4.69) is 15.2 Å². The number of hydrogen-bond acceptors (Lipinski definition) is 4. The maximum absolute atomic E-state index is 13.2. The first-order chi connectivity index (χ1) is 12.7. The quantitative estimate of drug-likeness (QED) is 0.293. The normalized spacial score (nSPS) is 23.1. The van der Waals surface area contributed by atoms with Crippen molar-refractivity contribution in [2.24, 2.45) is 4.99 Å². The summed E-state index contributed by atoms with van der Waals surface area (Å²) >= 11 is 0. The van der Waals surface area contributed by atoms with Crippen LogP contribution in [-0.4, -0.2) is 69.6 Å². The highest BCUT2D eigenvalue weighted by molar-refractivity contribution is 14.0. The molecule has 2 aliphatic rings. The van der Waals surface area contributed by atoms with Gasteiger partial charge in [-0.2, -0.15) is 0 Å². The third-order valence-corrected chi connectivity index (χ3v) is 4.53. The summed E-state index contributed by atoms with van der Waals surface area (Å²) in [6.07, 6.45) is 2.33. The van der Waals surface area contributed by atoms with Gasteiger partial charge in [-0.25, -0.2) is 8.78 Å². The smallest absolute Gasteiger partial charge is 0.193 e. The molecular formula is C18H26F2IN3O3. The first-order valence-electron chi connectivity index (χ1n) is 8.94. The molecule has 27 heavy (non-hydrogen) atoms. The van der Waals surface area contributed by atoms with Crippen molar-refractivity contribution in [3.8, 4) is 5.75 Å². The van der Waals surface area contributed by atoms with Crippen LogP contribution >= 0.6 is 24.0 Å². The molecule has 0 radical (unpaired) electrons. The van der Waals surface area contributed by atoms with E-state index in [1.54, 1.807) is 7.05 Å². The van der Waals surface area contributed by atoms with Gasteiger partial charge in [0.15, 0.2) is 17.6 Å². The van der Waals surface area contributed by atoms with Gasteiger partial charge in [-0.15, -0.1) is 24.0 Å². The van der Waals surface area contributed by atoms with Gasteiger partial charge in [0.25, 0.3) is 0 Å². The van der Waals surface area contributed by atoms with E-state index in [4.69, 9.17) is 14.2 Å². The van der Waals surface area contributed by atoms with Crippen LogP contribution in [0.4, 0.5) is 8.78 Å². The molecule has 2 heterocycles. The van der Waals surface area contributed by atoms with Gasteiger partial charge < -0.3 is 24.4 Å². The average molecular weight is 497 g/mol. The third kappa shape index (κ3) is 6.15. The number of aliphatic imine (C=N–C) groups is 1. The number of hydrogen-bond donors (Lipinski definition) is 1. The van der Waals surface area contributed by atoms with E-state index in [0.717, 1.165) is 50.6 Å². The Morgan fingerprint density at radius 2 is 2.07 bits per heavy atom. The number of benzene rings is 1. The molecule has 0 spiro atoms. The number of guanidine groups is 1. The maximum Gasteiger partial charge on any atom is 0.193 e. The second kappa shape index (κ2) is 11.0. The summed E-state index contributed by atoms with van der Waals surface area (Å²) in [4.78, 5) is 6.46. The Morgan fingerprint density at radius 3 is 2.78 bits per heavy atom. The van der Waals surface area contributed by atoms with Gasteiger partial charge in [0, 0.05) is 32.8 Å². The largest absolute Gasteiger partial charge is 0.492 e. The van der Waals surface area contributed by atoms with Crippen LogP contribution in [0.5, 0.6) is 5.75 Å². The number of halogens is 3. The van der Waals surface area contributed by atoms with E-state index in [-0.39, 0.29) is 36.2 Å². The van der Waals surface area contributed by atoms with Gasteiger partial charge >= 0.3 is 0 Å². The number of ether oxygens (including phenoxy) is 3. The van der Waals surface area contributed by atoms with Crippen molar-refractivity contribution >= 4 is 29.9 Å². The lowest BCUT2D eigenvalue weighted by atomic mass is 10.1. The molecule has 1 aromatic rings. The zero-order chi connectivity index (χ0) is 18.4. The van der Waals surface area contributed by atoms with E-state index in [9.17, 15) is 8.78 Å². The van der Waals surface area contributed by atoms with Crippen molar-refractivity contribution in [2.75, 3.05) is 46.5 Å². The Bertz CT molecular complexity index is 630. The lowest BCUT2D eigenvalue weighted by Crippen LogP contribution is -2.53. The molecule has 1 aromatic carbocycles. The van der Waals surface area contributed by atoms with Gasteiger partial charge in [-0.1, -0.05) is 0 Å². The van der Waals surface area contributed by atoms with E-state index >= 15 is 0 Å². The minimum atomic E-state index is -0.917. The van der Waals surface area contributed by atoms with Crippen LogP contribution in [0.25, 0.3) is 0 Å². The monoisotopic (exact) mass is 497 g/mol. The van der Waals surface area contributed by atoms with Crippen molar-refractivity contribution < 1.29 is 23.0 Å². The molecule has 9 heteroatoms. The average Bonchev–Trinajstić information content (AvgIpc) is 3.19. The number of nitrogens with zero attached hydrogens (tertiary/aromatic N) is 2. The van der Waals surface area contributed by atoms with E-state index < -0.39 is 11.6 Å². The molecule has 152 valence electrons. The zero-order valence-electron chi connectivity index (χ0n) is 15.3. The molecule has 3 rings (SSSR count). The van der Waals surface area contributed by atoms with Gasteiger partial charge in [-0.05, 0) is 25.0 Å². The summed E-state index contributed by atoms with van der Waals surface area (Å²) < 4.78 is 43.1. The van der Waals surface area contributed by atoms with Crippen LogP contribution in [0.1, 0.15) is 12.8 Å². The zero-order valence-corrected chi connectivity index (χ0v) is 17.7. The SMILES string of the molecule is CN=C(NCCOc1ccc(F)c(F)c1)N1CCOC(C2CCCO2)C1.I. The minimum Gasteiger partial charge on any atom is -0.492 e. The Hall–Kier alpha value is -1.20. The summed E-state index contributed by atoms with van der Waals surface area (Å²) in [7, 11) is 1.73. The first-order valence-corrected chi connectivity index (χ1v) is 8.94. The van der Waals surface area contributed by atoms with Crippen LogP contribution in [0.3, 0.4) is 0 Å². The summed E-state index contributed by atoms with van der Waals surface area (Å²) in [5, 5.41) is 3.23. The molecular weight excluding hydrogens is 471 g/mol. The summed E-state index contributed by atoms with van der Waals surface area (Å²) in [5.41, 5.74) is 0. The second-order valence-corrected chi connectivity index (χ2v) is 6.31. The fraction of sp³-hybridized carbons (Fsp3) is 0.611. The lowest BCUT2D eigenvalue weighted by Gasteiger charge is -2.37. The topological polar surface area (TPSA) is 55.3 Å². The molecule has 2 saturated heterocycles. The molecule has 2 atom stereocenters. The van der Waals surface area contributed by atoms with Crippen LogP contribution in [0.15, 0.2) is 23.2 Å². The van der Waals surface area contributed by atoms with Crippen LogP contribution in [0.2, 0.25) is 0 Å². The standard InChI is InChI=1S/C18H25F2N3O3.HI/c1-21-18(22-6-9-24-13-4-5-14(19)15(20)11-13)23-7-10-26-17(12-23)16-3-2-8-25-16;/h4-5,11,16-17H,2-3,6-10,12H2,1H3,(H,21,22);1H. The van der Waals surface area contributed by atoms with Crippen molar-refractivity contribution in [3.63, 3.8) is 0 Å². The fourth-order valence-electron chi connectivity index (χ4n) is 3.22. The third-order valence-electron chi connectivity index (χ3n) is 4.53. The Balaban J connectivity index is 0.00000261. The molecule has 2 fully saturated rings. The molecule has 0 saturated carbocycles. The predicted octanol–water partition coefficient (Wildman–Crippen LogP) is 2.42. The molecule has 0 aliphatic carbocycles. The van der Waals surface area contributed by atoms with Gasteiger partial charge in [0.1, 0.15) is 18.5 Å². The van der Waals surface area contributed by atoms with E-state index in [1.165, 1.54) is 6.07 Å². The Morgan fingerprint density at radius 1 is 1.26 bits per heavy atom. The number of nitrogens with one attached hydrogen (secondary N) is 1. The van der Waals surface area contributed by atoms with Crippen molar-refractivity contribution in [1.29, 1.82) is 0 Å². The summed E-state index contributed by atoms with van der Waals surface area (Å²) in [6, 6.07) is 3.50. The Kier molecular flexibility index (Phi) is 8.97. The fourth-order valence-corrected chi connectivity index (χ4v) is 3.22. The summed E-state index contributed by atoms with van der Waals surface area (Å²) in [6.45, 7) is 3.73. The molecule has 0 aromatic heterocycles. The van der Waals surface area contributed by atoms with E-state index in [1.807, 2.05) is 0 Å². The first kappa shape index (κ1) is 22.1. The van der Waals surface area contributed by atoms with Crippen LogP contribution in [-0.2, 0) is 9.47 Å². The highest BCUT2D eigenvalue weighted by Gasteiger charge is 2.32. The van der Waals surface area contributed by atoms with Crippen LogP contribution < -0.4 is 10.1 Å². The predicted molar refractivity (Wildman–Crippen MR) is 109 cm³/mol. The minimum absolute atomic E-state index is 0. The highest BCUT2D eigenvalue weighted by Crippen LogP contribution is 2.21. The van der Waals surface area contributed by atoms with Gasteiger partial charge in [0.2, 0.25) is 0 Å². The van der Waals surface area contributed by atoms with Crippen LogP contribution in [0, 0.1) is 11.6 Å². The molecule has 2 unspecified atom stereocenters. The number of morpholine rings is 1. The molecule has 1 N–H and O–H groups in total. The summed E-state index contributed by atoms with van der Waals surface area (Å²) in [5.74, 6) is -0.737. The molecule has 6 nitrogen and oxygen atoms in total. The second-order valence-electron chi connectivity index (χ2n) is 6.31. The van der Waals surface area contributed by atoms with Gasteiger partial charge in [0.05, 0.1) is 19.3 Å².